The van der Waals surface area contributed by atoms with E-state index in [0.29, 0.717) is 30.3 Å². The number of nitro groups is 1. The average molecular weight is 608 g/mol. The van der Waals surface area contributed by atoms with E-state index in [2.05, 4.69) is 5.32 Å². The lowest BCUT2D eigenvalue weighted by Gasteiger charge is -2.31. The second-order valence-electron chi connectivity index (χ2n) is 10.3. The highest BCUT2D eigenvalue weighted by atomic mass is 32.2. The van der Waals surface area contributed by atoms with Crippen LogP contribution in [0.2, 0.25) is 0 Å². The largest absolute Gasteiger partial charge is 0.443 e. The summed E-state index contributed by atoms with van der Waals surface area (Å²) in [7, 11) is -4.36. The van der Waals surface area contributed by atoms with Crippen LogP contribution in [0.1, 0.15) is 38.7 Å². The van der Waals surface area contributed by atoms with Gasteiger partial charge in [-0.3, -0.25) is 15.0 Å². The fourth-order valence-corrected chi connectivity index (χ4v) is 6.26. The lowest BCUT2D eigenvalue weighted by Crippen LogP contribution is -2.51. The van der Waals surface area contributed by atoms with Gasteiger partial charge in [0.2, 0.25) is 0 Å². The van der Waals surface area contributed by atoms with Crippen molar-refractivity contribution in [3.63, 3.8) is 0 Å². The van der Waals surface area contributed by atoms with E-state index in [0.717, 1.165) is 29.8 Å². The monoisotopic (exact) mass is 607 g/mol. The predicted octanol–water partition coefficient (Wildman–Crippen LogP) is 3.17. The number of non-ortho nitro benzene ring substituents is 1. The Bertz CT molecular complexity index is 1290. The van der Waals surface area contributed by atoms with Gasteiger partial charge in [0.15, 0.2) is 6.29 Å². The van der Waals surface area contributed by atoms with Crippen LogP contribution in [0.5, 0.6) is 0 Å². The second kappa shape index (κ2) is 14.4. The zero-order valence-electron chi connectivity index (χ0n) is 23.5. The molecule has 2 saturated heterocycles. The molecule has 2 aliphatic rings. The van der Waals surface area contributed by atoms with Gasteiger partial charge >= 0.3 is 6.09 Å². The van der Waals surface area contributed by atoms with Crippen molar-refractivity contribution in [2.75, 3.05) is 19.8 Å². The van der Waals surface area contributed by atoms with Crippen LogP contribution in [-0.2, 0) is 35.5 Å². The number of benzene rings is 2. The van der Waals surface area contributed by atoms with Crippen LogP contribution >= 0.6 is 0 Å². The SMILES string of the molecule is CCC(CC)ON(CC(O)[C@H](Cc1ccccc1)NC(=O)OC1COC2OCCC12)S(=O)(=O)c1ccc([N+](=O)[O-])cc1. The number of nitro benzene ring substituents is 1. The third-order valence-electron chi connectivity index (χ3n) is 7.44. The van der Waals surface area contributed by atoms with Gasteiger partial charge < -0.3 is 24.6 Å². The van der Waals surface area contributed by atoms with E-state index < -0.39 is 58.2 Å². The minimum Gasteiger partial charge on any atom is -0.443 e. The molecule has 0 saturated carbocycles. The van der Waals surface area contributed by atoms with Gasteiger partial charge in [0.05, 0.1) is 53.7 Å². The molecule has 230 valence electrons. The van der Waals surface area contributed by atoms with E-state index in [-0.39, 0.29) is 29.5 Å². The predicted molar refractivity (Wildman–Crippen MR) is 150 cm³/mol. The maximum Gasteiger partial charge on any atom is 0.407 e. The van der Waals surface area contributed by atoms with Gasteiger partial charge in [-0.15, -0.1) is 0 Å². The molecule has 0 spiro atoms. The molecule has 0 aromatic heterocycles. The van der Waals surface area contributed by atoms with Gasteiger partial charge in [-0.1, -0.05) is 48.6 Å². The van der Waals surface area contributed by atoms with Crippen molar-refractivity contribution in [3.8, 4) is 0 Å². The van der Waals surface area contributed by atoms with Crippen molar-refractivity contribution >= 4 is 21.8 Å². The highest BCUT2D eigenvalue weighted by Gasteiger charge is 2.44. The van der Waals surface area contributed by atoms with Gasteiger partial charge in [0, 0.05) is 12.1 Å². The standard InChI is InChI=1S/C28H37N3O10S/c1-3-21(4-2)41-30(42(36,37)22-12-10-20(11-13-22)31(34)35)17-25(32)24(16-19-8-6-5-7-9-19)29-28(33)40-26-18-39-27-23(26)14-15-38-27/h5-13,21,23-27,32H,3-4,14-18H2,1-2H3,(H,29,33)/t23?,24-,25?,26?,27?/m0/s1. The molecular weight excluding hydrogens is 570 g/mol. The molecule has 4 rings (SSSR count). The number of carbonyl (C=O) groups excluding carboxylic acids is 1. The van der Waals surface area contributed by atoms with Crippen molar-refractivity contribution < 1.29 is 42.3 Å². The smallest absolute Gasteiger partial charge is 0.407 e. The van der Waals surface area contributed by atoms with Gasteiger partial charge in [0.25, 0.3) is 15.7 Å². The molecule has 2 N–H and O–H groups in total. The average Bonchev–Trinajstić information content (AvgIpc) is 3.60. The van der Waals surface area contributed by atoms with Crippen LogP contribution in [0.25, 0.3) is 0 Å². The van der Waals surface area contributed by atoms with Crippen LogP contribution in [0.4, 0.5) is 10.5 Å². The first-order valence-corrected chi connectivity index (χ1v) is 15.4. The number of aliphatic hydroxyl groups is 1. The molecule has 0 radical (unpaired) electrons. The van der Waals surface area contributed by atoms with Crippen molar-refractivity contribution in [3.05, 3.63) is 70.3 Å². The number of carbonyl (C=O) groups is 1. The molecule has 14 heteroatoms. The fourth-order valence-electron chi connectivity index (χ4n) is 4.96. The van der Waals surface area contributed by atoms with Crippen LogP contribution in [-0.4, -0.2) is 79.4 Å². The molecule has 2 aromatic rings. The summed E-state index contributed by atoms with van der Waals surface area (Å²) in [5, 5.41) is 25.2. The highest BCUT2D eigenvalue weighted by Crippen LogP contribution is 2.33. The minimum absolute atomic E-state index is 0.0796. The van der Waals surface area contributed by atoms with E-state index in [1.165, 1.54) is 0 Å². The lowest BCUT2D eigenvalue weighted by molar-refractivity contribution is -0.384. The number of amides is 1. The maximum absolute atomic E-state index is 13.6. The van der Waals surface area contributed by atoms with Gasteiger partial charge in [-0.2, -0.15) is 0 Å². The van der Waals surface area contributed by atoms with E-state index >= 15 is 0 Å². The molecule has 4 unspecified atom stereocenters. The second-order valence-corrected chi connectivity index (χ2v) is 12.1. The van der Waals surface area contributed by atoms with Crippen LogP contribution in [0.3, 0.4) is 0 Å². The normalized spacial score (nSPS) is 21.7. The van der Waals surface area contributed by atoms with E-state index in [1.807, 2.05) is 44.2 Å². The summed E-state index contributed by atoms with van der Waals surface area (Å²) >= 11 is 0. The lowest BCUT2D eigenvalue weighted by atomic mass is 10.0. The number of alkyl carbamates (subject to hydrolysis) is 1. The Morgan fingerprint density at radius 3 is 2.48 bits per heavy atom. The number of nitrogens with one attached hydrogen (secondary N) is 1. The zero-order valence-corrected chi connectivity index (χ0v) is 24.4. The number of nitrogens with zero attached hydrogens (tertiary/aromatic N) is 2. The van der Waals surface area contributed by atoms with E-state index in [9.17, 15) is 28.4 Å². The van der Waals surface area contributed by atoms with Crippen molar-refractivity contribution in [1.29, 1.82) is 0 Å². The molecule has 13 nitrogen and oxygen atoms in total. The number of aliphatic hydroxyl groups excluding tert-OH is 1. The summed E-state index contributed by atoms with van der Waals surface area (Å²) in [5.41, 5.74) is 0.524. The Hall–Kier alpha value is -3.14. The zero-order chi connectivity index (χ0) is 30.3. The first-order valence-electron chi connectivity index (χ1n) is 14.0. The summed E-state index contributed by atoms with van der Waals surface area (Å²) in [6, 6.07) is 12.5. The summed E-state index contributed by atoms with van der Waals surface area (Å²) in [6.07, 6.45) is -1.76. The Kier molecular flexibility index (Phi) is 10.9. The Balaban J connectivity index is 1.55. The molecular formula is C28H37N3O10S. The Labute approximate surface area is 244 Å². The molecule has 2 fully saturated rings. The van der Waals surface area contributed by atoms with Gasteiger partial charge in [0.1, 0.15) is 6.10 Å². The molecule has 2 aliphatic heterocycles. The number of rotatable bonds is 14. The van der Waals surface area contributed by atoms with Crippen molar-refractivity contribution in [2.45, 2.75) is 75.1 Å². The topological polar surface area (TPSA) is 167 Å². The maximum atomic E-state index is 13.6. The number of hydrogen-bond acceptors (Lipinski definition) is 10. The first kappa shape index (κ1) is 31.8. The molecule has 42 heavy (non-hydrogen) atoms. The minimum atomic E-state index is -4.36. The number of ether oxygens (including phenoxy) is 3. The summed E-state index contributed by atoms with van der Waals surface area (Å²) in [5.74, 6) is -0.0796. The number of sulfonamides is 1. The number of hydroxylamine groups is 1. The summed E-state index contributed by atoms with van der Waals surface area (Å²) in [4.78, 5) is 29.0. The quantitative estimate of drug-likeness (QED) is 0.241. The van der Waals surface area contributed by atoms with Crippen molar-refractivity contribution in [1.82, 2.24) is 9.79 Å². The van der Waals surface area contributed by atoms with E-state index in [4.69, 9.17) is 19.0 Å². The molecule has 0 aliphatic carbocycles. The third kappa shape index (κ3) is 7.82. The van der Waals surface area contributed by atoms with Crippen molar-refractivity contribution in [2.24, 2.45) is 5.92 Å². The molecule has 0 bridgehead atoms. The van der Waals surface area contributed by atoms with Gasteiger partial charge in [-0.25, -0.2) is 13.2 Å². The molecule has 2 heterocycles. The van der Waals surface area contributed by atoms with Crippen LogP contribution in [0.15, 0.2) is 59.5 Å². The van der Waals surface area contributed by atoms with E-state index in [1.54, 1.807) is 0 Å². The number of fused-ring (bicyclic) bond motifs is 1. The molecule has 5 atom stereocenters. The highest BCUT2D eigenvalue weighted by molar-refractivity contribution is 7.89. The third-order valence-corrected chi connectivity index (χ3v) is 9.08. The van der Waals surface area contributed by atoms with Crippen LogP contribution in [0, 0.1) is 16.0 Å². The first-order chi connectivity index (χ1) is 20.1. The summed E-state index contributed by atoms with van der Waals surface area (Å²) < 4.78 is 44.6. The number of hydrogen-bond donors (Lipinski definition) is 2. The van der Waals surface area contributed by atoms with Crippen LogP contribution < -0.4 is 5.32 Å². The Morgan fingerprint density at radius 1 is 1.14 bits per heavy atom. The summed E-state index contributed by atoms with van der Waals surface area (Å²) in [6.45, 7) is 3.85. The molecule has 2 aromatic carbocycles. The molecule has 1 amide bonds. The van der Waals surface area contributed by atoms with Gasteiger partial charge in [-0.05, 0) is 43.4 Å². The fraction of sp³-hybridized carbons (Fsp3) is 0.536. The Morgan fingerprint density at radius 2 is 1.83 bits per heavy atom.